The number of rotatable bonds is 14. The van der Waals surface area contributed by atoms with E-state index in [0.717, 1.165) is 72.2 Å². The van der Waals surface area contributed by atoms with E-state index in [1.54, 1.807) is 12.1 Å². The van der Waals surface area contributed by atoms with Crippen LogP contribution in [0.3, 0.4) is 0 Å². The number of alkyl halides is 2. The Morgan fingerprint density at radius 3 is 2.57 bits per heavy atom. The van der Waals surface area contributed by atoms with Crippen LogP contribution in [0.5, 0.6) is 5.75 Å². The third-order valence-electron chi connectivity index (χ3n) is 8.99. The molecule has 3 heterocycles. The normalized spacial score (nSPS) is 16.2. The maximum atomic E-state index is 15.5. The van der Waals surface area contributed by atoms with E-state index in [0.29, 0.717) is 38.6 Å². The number of morpholine rings is 1. The van der Waals surface area contributed by atoms with Gasteiger partial charge in [0.2, 0.25) is 0 Å². The highest BCUT2D eigenvalue weighted by molar-refractivity contribution is 5.99. The van der Waals surface area contributed by atoms with Gasteiger partial charge in [-0.2, -0.15) is 5.10 Å². The predicted molar refractivity (Wildman–Crippen MR) is 173 cm³/mol. The van der Waals surface area contributed by atoms with Crippen molar-refractivity contribution in [2.75, 3.05) is 69.4 Å². The van der Waals surface area contributed by atoms with Crippen LogP contribution in [0.4, 0.5) is 25.1 Å². The van der Waals surface area contributed by atoms with Crippen LogP contribution in [-0.4, -0.2) is 90.6 Å². The predicted octanol–water partition coefficient (Wildman–Crippen LogP) is 5.84. The average molecular weight is 642 g/mol. The number of piperidine rings is 1. The SMILES string of the molecule is Cc1nnc(NCCc2cccc(C(F)(F)C3CCN(C(=O)O)CC3)c2)c2cc(N3CCOCC3)cc(OCCCCCCO)c12. The molecular formula is C34H45F2N5O5. The second-order valence-electron chi connectivity index (χ2n) is 12.1. The zero-order chi connectivity index (χ0) is 32.5. The van der Waals surface area contributed by atoms with E-state index in [-0.39, 0.29) is 38.1 Å². The lowest BCUT2D eigenvalue weighted by Crippen LogP contribution is -2.41. The third-order valence-corrected chi connectivity index (χ3v) is 8.99. The van der Waals surface area contributed by atoms with Crippen LogP contribution in [0, 0.1) is 12.8 Å². The molecule has 12 heteroatoms. The molecule has 2 saturated heterocycles. The number of nitrogens with zero attached hydrogens (tertiary/aromatic N) is 4. The fraction of sp³-hybridized carbons (Fsp3) is 0.559. The van der Waals surface area contributed by atoms with Crippen LogP contribution in [0.1, 0.15) is 55.3 Å². The summed E-state index contributed by atoms with van der Waals surface area (Å²) in [5.74, 6) is -2.59. The van der Waals surface area contributed by atoms with E-state index < -0.39 is 17.9 Å². The number of anilines is 2. The van der Waals surface area contributed by atoms with E-state index in [1.165, 1.54) is 11.0 Å². The first kappa shape index (κ1) is 33.6. The number of benzene rings is 2. The molecule has 1 aromatic heterocycles. The summed E-state index contributed by atoms with van der Waals surface area (Å²) in [5, 5.41) is 32.3. The molecule has 0 spiro atoms. The van der Waals surface area contributed by atoms with Gasteiger partial charge in [-0.05, 0) is 63.1 Å². The molecule has 250 valence electrons. The molecule has 5 rings (SSSR count). The van der Waals surface area contributed by atoms with Gasteiger partial charge in [0.05, 0.1) is 30.9 Å². The standard InChI is InChI=1S/C34H45F2N5O5/c1-24-31-29(22-28(40-15-19-45-20-16-40)23-30(31)46-18-5-3-2-4-17-42)32(39-38-24)37-12-9-25-7-6-8-27(21-25)34(35,36)26-10-13-41(14-11-26)33(43)44/h6-8,21-23,26,42H,2-5,9-20H2,1H3,(H,37,39)(H,43,44). The number of carbonyl (C=O) groups is 1. The fourth-order valence-corrected chi connectivity index (χ4v) is 6.32. The lowest BCUT2D eigenvalue weighted by Gasteiger charge is -2.34. The second-order valence-corrected chi connectivity index (χ2v) is 12.1. The minimum atomic E-state index is -3.04. The molecule has 0 atom stereocenters. The van der Waals surface area contributed by atoms with Gasteiger partial charge < -0.3 is 34.8 Å². The van der Waals surface area contributed by atoms with Gasteiger partial charge in [0.25, 0.3) is 5.92 Å². The Labute approximate surface area is 268 Å². The number of aryl methyl sites for hydroxylation is 1. The number of unbranched alkanes of at least 4 members (excludes halogenated alkanes) is 3. The van der Waals surface area contributed by atoms with E-state index in [2.05, 4.69) is 32.5 Å². The highest BCUT2D eigenvalue weighted by Crippen LogP contribution is 2.42. The van der Waals surface area contributed by atoms with Crippen LogP contribution in [0.15, 0.2) is 36.4 Å². The molecule has 2 fully saturated rings. The maximum Gasteiger partial charge on any atom is 0.407 e. The van der Waals surface area contributed by atoms with E-state index in [1.807, 2.05) is 13.0 Å². The van der Waals surface area contributed by atoms with Gasteiger partial charge in [0.15, 0.2) is 5.82 Å². The molecular weight excluding hydrogens is 596 g/mol. The lowest BCUT2D eigenvalue weighted by molar-refractivity contribution is -0.0836. The number of halogens is 2. The Morgan fingerprint density at radius 2 is 1.83 bits per heavy atom. The first-order valence-electron chi connectivity index (χ1n) is 16.3. The van der Waals surface area contributed by atoms with E-state index in [4.69, 9.17) is 14.6 Å². The van der Waals surface area contributed by atoms with Crippen LogP contribution in [-0.2, 0) is 17.1 Å². The average Bonchev–Trinajstić information content (AvgIpc) is 3.07. The number of carboxylic acid groups (broad SMARTS) is 1. The van der Waals surface area contributed by atoms with Gasteiger partial charge in [-0.15, -0.1) is 5.10 Å². The molecule has 0 aliphatic carbocycles. The van der Waals surface area contributed by atoms with Crippen molar-refractivity contribution >= 4 is 28.4 Å². The highest BCUT2D eigenvalue weighted by Gasteiger charge is 2.43. The summed E-state index contributed by atoms with van der Waals surface area (Å²) in [6.07, 6.45) is 3.31. The maximum absolute atomic E-state index is 15.5. The van der Waals surface area contributed by atoms with Crippen LogP contribution >= 0.6 is 0 Å². The van der Waals surface area contributed by atoms with Crippen molar-refractivity contribution in [3.63, 3.8) is 0 Å². The smallest absolute Gasteiger partial charge is 0.407 e. The quantitative estimate of drug-likeness (QED) is 0.187. The minimum absolute atomic E-state index is 0.0346. The number of aliphatic hydroxyl groups is 1. The molecule has 3 N–H and O–H groups in total. The Morgan fingerprint density at radius 1 is 1.07 bits per heavy atom. The summed E-state index contributed by atoms with van der Waals surface area (Å²) in [4.78, 5) is 14.7. The molecule has 0 saturated carbocycles. The summed E-state index contributed by atoms with van der Waals surface area (Å²) < 4.78 is 42.9. The van der Waals surface area contributed by atoms with Gasteiger partial charge in [-0.25, -0.2) is 13.6 Å². The number of likely N-dealkylation sites (tertiary alicyclic amines) is 1. The Kier molecular flexibility index (Phi) is 11.5. The number of aromatic nitrogens is 2. The van der Waals surface area contributed by atoms with Crippen molar-refractivity contribution in [3.05, 3.63) is 53.2 Å². The van der Waals surface area contributed by atoms with Gasteiger partial charge in [-0.1, -0.05) is 24.6 Å². The number of amides is 1. The topological polar surface area (TPSA) is 120 Å². The molecule has 2 aliphatic rings. The van der Waals surface area contributed by atoms with Crippen molar-refractivity contribution < 1.29 is 33.3 Å². The molecule has 1 amide bonds. The number of hydrogen-bond acceptors (Lipinski definition) is 8. The zero-order valence-corrected chi connectivity index (χ0v) is 26.5. The number of nitrogens with one attached hydrogen (secondary N) is 1. The largest absolute Gasteiger partial charge is 0.493 e. The van der Waals surface area contributed by atoms with Crippen LogP contribution in [0.2, 0.25) is 0 Å². The highest BCUT2D eigenvalue weighted by atomic mass is 19.3. The number of hydrogen-bond donors (Lipinski definition) is 3. The Balaban J connectivity index is 1.31. The fourth-order valence-electron chi connectivity index (χ4n) is 6.32. The molecule has 3 aromatic rings. The summed E-state index contributed by atoms with van der Waals surface area (Å²) in [6, 6.07) is 10.7. The minimum Gasteiger partial charge on any atom is -0.493 e. The Bertz CT molecular complexity index is 1460. The molecule has 0 radical (unpaired) electrons. The van der Waals surface area contributed by atoms with Crippen LogP contribution < -0.4 is 15.0 Å². The Hall–Kier alpha value is -3.77. The number of aliphatic hydroxyl groups excluding tert-OH is 1. The molecule has 0 bridgehead atoms. The van der Waals surface area contributed by atoms with Gasteiger partial charge in [0, 0.05) is 68.0 Å². The van der Waals surface area contributed by atoms with Gasteiger partial charge in [-0.3, -0.25) is 0 Å². The lowest BCUT2D eigenvalue weighted by atomic mass is 9.86. The van der Waals surface area contributed by atoms with Crippen molar-refractivity contribution in [1.82, 2.24) is 15.1 Å². The van der Waals surface area contributed by atoms with Gasteiger partial charge in [0.1, 0.15) is 5.75 Å². The van der Waals surface area contributed by atoms with E-state index >= 15 is 8.78 Å². The van der Waals surface area contributed by atoms with Gasteiger partial charge >= 0.3 is 6.09 Å². The van der Waals surface area contributed by atoms with E-state index in [9.17, 15) is 9.90 Å². The molecule has 2 aliphatic heterocycles. The first-order valence-corrected chi connectivity index (χ1v) is 16.3. The molecule has 46 heavy (non-hydrogen) atoms. The molecule has 0 unspecified atom stereocenters. The second kappa shape index (κ2) is 15.7. The zero-order valence-electron chi connectivity index (χ0n) is 26.5. The molecule has 10 nitrogen and oxygen atoms in total. The van der Waals surface area contributed by atoms with Crippen LogP contribution in [0.25, 0.3) is 10.8 Å². The summed E-state index contributed by atoms with van der Waals surface area (Å²) in [7, 11) is 0. The van der Waals surface area contributed by atoms with Crippen molar-refractivity contribution in [1.29, 1.82) is 0 Å². The monoisotopic (exact) mass is 641 g/mol. The number of fused-ring (bicyclic) bond motifs is 1. The summed E-state index contributed by atoms with van der Waals surface area (Å²) >= 11 is 0. The molecule has 2 aromatic carbocycles. The van der Waals surface area contributed by atoms with Crippen molar-refractivity contribution in [3.8, 4) is 5.75 Å². The first-order chi connectivity index (χ1) is 22.3. The third kappa shape index (κ3) is 8.14. The van der Waals surface area contributed by atoms with Crippen molar-refractivity contribution in [2.45, 2.75) is 57.8 Å². The number of ether oxygens (including phenoxy) is 2. The summed E-state index contributed by atoms with van der Waals surface area (Å²) in [5.41, 5.74) is 2.52. The van der Waals surface area contributed by atoms with Crippen molar-refractivity contribution in [2.24, 2.45) is 5.92 Å². The summed E-state index contributed by atoms with van der Waals surface area (Å²) in [6.45, 7) is 6.21.